The summed E-state index contributed by atoms with van der Waals surface area (Å²) in [6.45, 7) is 7.11. The van der Waals surface area contributed by atoms with Gasteiger partial charge in [-0.15, -0.1) is 0 Å². The molecule has 5 fully saturated rings. The van der Waals surface area contributed by atoms with Crippen LogP contribution in [0.15, 0.2) is 6.07 Å². The number of carbonyl (C=O) groups excluding carboxylic acids is 1. The molecule has 182 valence electrons. The fourth-order valence-electron chi connectivity index (χ4n) is 9.14. The summed E-state index contributed by atoms with van der Waals surface area (Å²) in [6.07, 6.45) is 12.8. The van der Waals surface area contributed by atoms with Crippen molar-refractivity contribution in [3.05, 3.63) is 17.5 Å². The zero-order valence-corrected chi connectivity index (χ0v) is 20.6. The van der Waals surface area contributed by atoms with Crippen molar-refractivity contribution in [2.75, 3.05) is 19.7 Å². The number of carbonyl (C=O) groups is 1. The van der Waals surface area contributed by atoms with E-state index in [9.17, 15) is 9.90 Å². The van der Waals surface area contributed by atoms with Crippen LogP contribution in [0.25, 0.3) is 0 Å². The highest BCUT2D eigenvalue weighted by molar-refractivity contribution is 5.92. The van der Waals surface area contributed by atoms with Gasteiger partial charge < -0.3 is 10.4 Å². The van der Waals surface area contributed by atoms with Crippen molar-refractivity contribution in [3.63, 3.8) is 0 Å². The Kier molecular flexibility index (Phi) is 5.41. The molecule has 0 radical (unpaired) electrons. The molecule has 1 aliphatic heterocycles. The molecule has 6 atom stereocenters. The number of amides is 1. The number of fused-ring (bicyclic) bond motifs is 2. The summed E-state index contributed by atoms with van der Waals surface area (Å²) in [5, 5.41) is 17.7. The highest BCUT2D eigenvalue weighted by atomic mass is 16.3. The molecule has 1 aromatic heterocycles. The molecule has 1 aromatic rings. The molecule has 6 rings (SSSR count). The fourth-order valence-corrected chi connectivity index (χ4v) is 9.14. The lowest BCUT2D eigenvalue weighted by Crippen LogP contribution is -2.43. The monoisotopic (exact) mass is 454 g/mol. The summed E-state index contributed by atoms with van der Waals surface area (Å²) in [5.41, 5.74) is 2.71. The first kappa shape index (κ1) is 22.1. The Bertz CT molecular complexity index is 906. The quantitative estimate of drug-likeness (QED) is 0.619. The highest BCUT2D eigenvalue weighted by Gasteiger charge is 2.70. The van der Waals surface area contributed by atoms with E-state index in [-0.39, 0.29) is 18.6 Å². The minimum Gasteiger partial charge on any atom is -0.396 e. The van der Waals surface area contributed by atoms with Crippen molar-refractivity contribution in [3.8, 4) is 0 Å². The largest absolute Gasteiger partial charge is 0.396 e. The smallest absolute Gasteiger partial charge is 0.269 e. The molecule has 1 amide bonds. The van der Waals surface area contributed by atoms with Gasteiger partial charge in [0.2, 0.25) is 0 Å². The lowest BCUT2D eigenvalue weighted by atomic mass is 9.55. The Morgan fingerprint density at radius 2 is 2.12 bits per heavy atom. The summed E-state index contributed by atoms with van der Waals surface area (Å²) in [4.78, 5) is 15.9. The van der Waals surface area contributed by atoms with Gasteiger partial charge in [-0.25, -0.2) is 0 Å². The van der Waals surface area contributed by atoms with Crippen molar-refractivity contribution in [1.29, 1.82) is 0 Å². The molecule has 3 bridgehead atoms. The van der Waals surface area contributed by atoms with Crippen molar-refractivity contribution in [2.24, 2.45) is 28.6 Å². The molecule has 1 spiro atoms. The van der Waals surface area contributed by atoms with Crippen LogP contribution in [-0.4, -0.2) is 51.4 Å². The predicted octanol–water partition coefficient (Wildman–Crippen LogP) is 4.15. The minimum absolute atomic E-state index is 0.0496. The number of piperidine rings is 1. The second-order valence-electron chi connectivity index (χ2n) is 12.6. The van der Waals surface area contributed by atoms with Crippen LogP contribution in [0.5, 0.6) is 0 Å². The van der Waals surface area contributed by atoms with Crippen LogP contribution in [0, 0.1) is 28.6 Å². The van der Waals surface area contributed by atoms with Crippen molar-refractivity contribution in [1.82, 2.24) is 20.0 Å². The van der Waals surface area contributed by atoms with Crippen LogP contribution >= 0.6 is 0 Å². The van der Waals surface area contributed by atoms with Gasteiger partial charge in [0.05, 0.1) is 5.69 Å². The lowest BCUT2D eigenvalue weighted by molar-refractivity contribution is -0.00254. The molecule has 4 aliphatic carbocycles. The van der Waals surface area contributed by atoms with Gasteiger partial charge in [-0.2, -0.15) is 5.10 Å². The summed E-state index contributed by atoms with van der Waals surface area (Å²) >= 11 is 0. The molecule has 1 saturated heterocycles. The fraction of sp³-hybridized carbons (Fsp3) is 0.852. The van der Waals surface area contributed by atoms with Gasteiger partial charge in [-0.3, -0.25) is 14.4 Å². The van der Waals surface area contributed by atoms with E-state index in [1.807, 2.05) is 10.7 Å². The summed E-state index contributed by atoms with van der Waals surface area (Å²) in [6, 6.07) is 2.60. The Labute approximate surface area is 198 Å². The van der Waals surface area contributed by atoms with Crippen molar-refractivity contribution < 1.29 is 9.90 Å². The van der Waals surface area contributed by atoms with E-state index >= 15 is 0 Å². The van der Waals surface area contributed by atoms with Gasteiger partial charge in [-0.1, -0.05) is 6.42 Å². The Balaban J connectivity index is 1.15. The molecule has 33 heavy (non-hydrogen) atoms. The predicted molar refractivity (Wildman–Crippen MR) is 128 cm³/mol. The molecule has 2 N–H and O–H groups in total. The summed E-state index contributed by atoms with van der Waals surface area (Å²) < 4.78 is 1.92. The van der Waals surface area contributed by atoms with E-state index in [0.717, 1.165) is 55.9 Å². The number of aliphatic hydroxyl groups excluding tert-OH is 1. The van der Waals surface area contributed by atoms with Crippen molar-refractivity contribution >= 4 is 5.91 Å². The van der Waals surface area contributed by atoms with Gasteiger partial charge in [0, 0.05) is 31.8 Å². The Morgan fingerprint density at radius 3 is 2.94 bits per heavy atom. The maximum absolute atomic E-state index is 13.4. The molecular weight excluding hydrogens is 412 g/mol. The minimum atomic E-state index is 0.0496. The SMILES string of the molecule is CC(C)n1nc(CN2CCCCC2CCO)cc1C(=O)NCC12CC3CC4CC(C1)C4(C3)C2. The normalized spacial score (nSPS) is 39.2. The molecule has 0 aromatic carbocycles. The van der Waals surface area contributed by atoms with Crippen LogP contribution in [0.3, 0.4) is 0 Å². The van der Waals surface area contributed by atoms with E-state index < -0.39 is 0 Å². The third-order valence-electron chi connectivity index (χ3n) is 10.3. The standard InChI is InChI=1S/C27H42N4O2/c1-18(2)31-24(11-22(29-31)15-30-7-4-3-5-23(30)6-8-32)25(33)28-17-26-12-19-9-20-10-21(14-26)27(20,13-19)16-26/h11,18-21,23,32H,3-10,12-17H2,1-2H3,(H,28,33). The molecule has 6 heteroatoms. The number of nitrogens with one attached hydrogen (secondary N) is 1. The number of aromatic nitrogens is 2. The van der Waals surface area contributed by atoms with E-state index in [0.29, 0.717) is 22.6 Å². The van der Waals surface area contributed by atoms with Crippen molar-refractivity contribution in [2.45, 2.75) is 96.7 Å². The maximum atomic E-state index is 13.4. The molecule has 2 heterocycles. The highest BCUT2D eigenvalue weighted by Crippen LogP contribution is 2.78. The lowest BCUT2D eigenvalue weighted by Gasteiger charge is -2.49. The number of rotatable bonds is 8. The van der Waals surface area contributed by atoms with Crippen LogP contribution < -0.4 is 5.32 Å². The zero-order valence-electron chi connectivity index (χ0n) is 20.6. The van der Waals surface area contributed by atoms with Crippen LogP contribution in [0.2, 0.25) is 0 Å². The van der Waals surface area contributed by atoms with Gasteiger partial charge in [0.1, 0.15) is 5.69 Å². The molecule has 4 saturated carbocycles. The van der Waals surface area contributed by atoms with E-state index in [1.165, 1.54) is 51.4 Å². The molecule has 6 nitrogen and oxygen atoms in total. The number of likely N-dealkylation sites (tertiary alicyclic amines) is 1. The second kappa shape index (κ2) is 8.08. The summed E-state index contributed by atoms with van der Waals surface area (Å²) in [5.74, 6) is 2.91. The molecule has 5 aliphatic rings. The Morgan fingerprint density at radius 1 is 1.24 bits per heavy atom. The van der Waals surface area contributed by atoms with E-state index in [4.69, 9.17) is 5.10 Å². The third kappa shape index (κ3) is 3.58. The van der Waals surface area contributed by atoms with Crippen LogP contribution in [-0.2, 0) is 6.54 Å². The molecular formula is C27H42N4O2. The average Bonchev–Trinajstić information content (AvgIpc) is 3.35. The van der Waals surface area contributed by atoms with Crippen LogP contribution in [0.4, 0.5) is 0 Å². The first-order chi connectivity index (χ1) is 15.9. The number of aliphatic hydroxyl groups is 1. The zero-order chi connectivity index (χ0) is 22.8. The van der Waals surface area contributed by atoms with Gasteiger partial charge >= 0.3 is 0 Å². The average molecular weight is 455 g/mol. The van der Waals surface area contributed by atoms with E-state index in [2.05, 4.69) is 24.1 Å². The summed E-state index contributed by atoms with van der Waals surface area (Å²) in [7, 11) is 0. The Hall–Kier alpha value is -1.40. The number of hydrogen-bond donors (Lipinski definition) is 2. The van der Waals surface area contributed by atoms with Crippen LogP contribution in [0.1, 0.15) is 100 Å². The maximum Gasteiger partial charge on any atom is 0.269 e. The van der Waals surface area contributed by atoms with Gasteiger partial charge in [-0.05, 0) is 113 Å². The topological polar surface area (TPSA) is 70.4 Å². The second-order valence-corrected chi connectivity index (χ2v) is 12.6. The van der Waals surface area contributed by atoms with Gasteiger partial charge in [0.15, 0.2) is 0 Å². The van der Waals surface area contributed by atoms with E-state index in [1.54, 1.807) is 0 Å². The third-order valence-corrected chi connectivity index (χ3v) is 10.3. The first-order valence-electron chi connectivity index (χ1n) is 13.6. The van der Waals surface area contributed by atoms with Gasteiger partial charge in [0.25, 0.3) is 5.91 Å². The molecule has 6 unspecified atom stereocenters. The first-order valence-corrected chi connectivity index (χ1v) is 13.6. The number of nitrogens with zero attached hydrogens (tertiary/aromatic N) is 3. The number of hydrogen-bond acceptors (Lipinski definition) is 4.